The minimum atomic E-state index is -3.26. The van der Waals surface area contributed by atoms with E-state index in [0.29, 0.717) is 5.56 Å². The molecule has 90 valence electrons. The topological polar surface area (TPSA) is 80.4 Å². The van der Waals surface area contributed by atoms with Crippen molar-refractivity contribution in [2.45, 2.75) is 17.0 Å². The fraction of sp³-hybridized carbons (Fsp3) is 0.400. The van der Waals surface area contributed by atoms with E-state index in [1.807, 2.05) is 0 Å². The van der Waals surface area contributed by atoms with Gasteiger partial charge >= 0.3 is 0 Å². The van der Waals surface area contributed by atoms with Crippen LogP contribution in [0.15, 0.2) is 29.2 Å². The molecule has 1 rings (SSSR count). The number of hydrogen-bond acceptors (Lipinski definition) is 4. The molecular formula is C10H14FNO3S. The lowest BCUT2D eigenvalue weighted by Gasteiger charge is -2.16. The summed E-state index contributed by atoms with van der Waals surface area (Å²) in [6, 6.07) is 4.58. The Morgan fingerprint density at radius 1 is 1.38 bits per heavy atom. The fourth-order valence-corrected chi connectivity index (χ4v) is 1.87. The predicted molar refractivity (Wildman–Crippen MR) is 58.5 cm³/mol. The molecule has 0 aromatic heterocycles. The number of hydrogen-bond donors (Lipinski definition) is 2. The molecule has 0 radical (unpaired) electrons. The highest BCUT2D eigenvalue weighted by Crippen LogP contribution is 2.18. The van der Waals surface area contributed by atoms with Gasteiger partial charge in [0.1, 0.15) is 6.67 Å². The molecule has 0 aliphatic heterocycles. The molecule has 0 fully saturated rings. The molecule has 0 saturated carbocycles. The predicted octanol–water partition coefficient (Wildman–Crippen LogP) is 0.420. The number of nitrogens with two attached hydrogens (primary N) is 1. The van der Waals surface area contributed by atoms with Crippen molar-refractivity contribution in [3.63, 3.8) is 0 Å². The van der Waals surface area contributed by atoms with Crippen LogP contribution in [0.1, 0.15) is 11.7 Å². The minimum absolute atomic E-state index is 0.150. The summed E-state index contributed by atoms with van der Waals surface area (Å²) >= 11 is 0. The second-order valence-electron chi connectivity index (χ2n) is 3.60. The molecule has 2 atom stereocenters. The third kappa shape index (κ3) is 3.01. The lowest BCUT2D eigenvalue weighted by atomic mass is 10.0. The van der Waals surface area contributed by atoms with E-state index >= 15 is 0 Å². The standard InChI is InChI=1S/C10H14FNO3S/c1-16(14,15)8-4-2-7(3-5-8)10(13)9(12)6-11/h2-5,9-10,13H,6,12H2,1H3/t9-,10+/m0/s1. The van der Waals surface area contributed by atoms with Gasteiger partial charge in [-0.3, -0.25) is 0 Å². The summed E-state index contributed by atoms with van der Waals surface area (Å²) in [5.41, 5.74) is 5.73. The summed E-state index contributed by atoms with van der Waals surface area (Å²) in [6.45, 7) is -0.838. The molecule has 0 heterocycles. The Hall–Kier alpha value is -0.980. The zero-order valence-electron chi connectivity index (χ0n) is 8.80. The molecule has 0 bridgehead atoms. The number of halogens is 1. The third-order valence-electron chi connectivity index (χ3n) is 2.23. The first-order chi connectivity index (χ1) is 7.36. The molecule has 0 amide bonds. The Labute approximate surface area is 93.8 Å². The SMILES string of the molecule is CS(=O)(=O)c1ccc([C@@H](O)[C@@H](N)CF)cc1. The molecule has 3 N–H and O–H groups in total. The molecule has 6 heteroatoms. The Balaban J connectivity index is 2.96. The van der Waals surface area contributed by atoms with Gasteiger partial charge in [-0.05, 0) is 17.7 Å². The molecular weight excluding hydrogens is 233 g/mol. The van der Waals surface area contributed by atoms with E-state index in [0.717, 1.165) is 6.26 Å². The van der Waals surface area contributed by atoms with Crippen molar-refractivity contribution >= 4 is 9.84 Å². The summed E-state index contributed by atoms with van der Waals surface area (Å²) in [5, 5.41) is 9.57. The van der Waals surface area contributed by atoms with Gasteiger partial charge in [-0.2, -0.15) is 0 Å². The first kappa shape index (κ1) is 13.1. The summed E-state index contributed by atoms with van der Waals surface area (Å²) in [7, 11) is -3.26. The molecule has 16 heavy (non-hydrogen) atoms. The zero-order chi connectivity index (χ0) is 12.3. The van der Waals surface area contributed by atoms with Gasteiger partial charge in [-0.1, -0.05) is 12.1 Å². The van der Waals surface area contributed by atoms with E-state index < -0.39 is 28.7 Å². The highest BCUT2D eigenvalue weighted by atomic mass is 32.2. The van der Waals surface area contributed by atoms with Crippen molar-refractivity contribution in [2.75, 3.05) is 12.9 Å². The quantitative estimate of drug-likeness (QED) is 0.808. The van der Waals surface area contributed by atoms with Crippen LogP contribution in [0.2, 0.25) is 0 Å². The lowest BCUT2D eigenvalue weighted by Crippen LogP contribution is -2.30. The lowest BCUT2D eigenvalue weighted by molar-refractivity contribution is 0.132. The molecule has 1 aromatic rings. The van der Waals surface area contributed by atoms with Crippen LogP contribution in [0.3, 0.4) is 0 Å². The summed E-state index contributed by atoms with van der Waals surface area (Å²) < 4.78 is 34.5. The number of benzene rings is 1. The Kier molecular flexibility index (Phi) is 4.01. The maximum Gasteiger partial charge on any atom is 0.175 e. The summed E-state index contributed by atoms with van der Waals surface area (Å²) in [6.07, 6.45) is -0.0373. The molecule has 4 nitrogen and oxygen atoms in total. The van der Waals surface area contributed by atoms with Gasteiger partial charge in [0.2, 0.25) is 0 Å². The smallest absolute Gasteiger partial charge is 0.175 e. The highest BCUT2D eigenvalue weighted by Gasteiger charge is 2.17. The first-order valence-corrected chi connectivity index (χ1v) is 6.55. The maximum absolute atomic E-state index is 12.2. The van der Waals surface area contributed by atoms with Gasteiger partial charge in [-0.25, -0.2) is 12.8 Å². The molecule has 0 saturated heterocycles. The average molecular weight is 247 g/mol. The molecule has 0 unspecified atom stereocenters. The van der Waals surface area contributed by atoms with Crippen molar-refractivity contribution in [2.24, 2.45) is 5.73 Å². The van der Waals surface area contributed by atoms with Gasteiger partial charge in [0.15, 0.2) is 9.84 Å². The van der Waals surface area contributed by atoms with E-state index in [1.54, 1.807) is 0 Å². The second-order valence-corrected chi connectivity index (χ2v) is 5.62. The van der Waals surface area contributed by atoms with Crippen LogP contribution in [-0.2, 0) is 9.84 Å². The Morgan fingerprint density at radius 3 is 2.25 bits per heavy atom. The molecule has 0 aliphatic carbocycles. The van der Waals surface area contributed by atoms with Crippen LogP contribution in [0.4, 0.5) is 4.39 Å². The fourth-order valence-electron chi connectivity index (χ4n) is 1.24. The van der Waals surface area contributed by atoms with Crippen LogP contribution in [0.5, 0.6) is 0 Å². The van der Waals surface area contributed by atoms with Gasteiger partial charge in [-0.15, -0.1) is 0 Å². The van der Waals surface area contributed by atoms with Crippen LogP contribution < -0.4 is 5.73 Å². The van der Waals surface area contributed by atoms with Crippen molar-refractivity contribution in [1.82, 2.24) is 0 Å². The normalized spacial score (nSPS) is 15.8. The number of alkyl halides is 1. The third-order valence-corrected chi connectivity index (χ3v) is 3.36. The first-order valence-electron chi connectivity index (χ1n) is 4.66. The second kappa shape index (κ2) is 4.90. The molecule has 0 spiro atoms. The van der Waals surface area contributed by atoms with E-state index in [9.17, 15) is 17.9 Å². The van der Waals surface area contributed by atoms with E-state index in [2.05, 4.69) is 0 Å². The summed E-state index contributed by atoms with van der Waals surface area (Å²) in [5.74, 6) is 0. The largest absolute Gasteiger partial charge is 0.387 e. The Bertz CT molecular complexity index is 444. The number of aliphatic hydroxyl groups excluding tert-OH is 1. The van der Waals surface area contributed by atoms with Crippen molar-refractivity contribution in [3.8, 4) is 0 Å². The van der Waals surface area contributed by atoms with E-state index in [-0.39, 0.29) is 4.90 Å². The average Bonchev–Trinajstić information content (AvgIpc) is 2.26. The zero-order valence-corrected chi connectivity index (χ0v) is 9.61. The number of aliphatic hydroxyl groups is 1. The van der Waals surface area contributed by atoms with Crippen LogP contribution in [0.25, 0.3) is 0 Å². The number of sulfone groups is 1. The van der Waals surface area contributed by atoms with Crippen molar-refractivity contribution in [3.05, 3.63) is 29.8 Å². The van der Waals surface area contributed by atoms with Gasteiger partial charge in [0.05, 0.1) is 17.0 Å². The maximum atomic E-state index is 12.2. The van der Waals surface area contributed by atoms with E-state index in [1.165, 1.54) is 24.3 Å². The molecule has 1 aromatic carbocycles. The van der Waals surface area contributed by atoms with E-state index in [4.69, 9.17) is 5.73 Å². The van der Waals surface area contributed by atoms with Crippen LogP contribution >= 0.6 is 0 Å². The van der Waals surface area contributed by atoms with Crippen LogP contribution in [0, 0.1) is 0 Å². The monoisotopic (exact) mass is 247 g/mol. The Morgan fingerprint density at radius 2 is 1.88 bits per heavy atom. The van der Waals surface area contributed by atoms with Gasteiger partial charge in [0.25, 0.3) is 0 Å². The number of rotatable bonds is 4. The van der Waals surface area contributed by atoms with Crippen molar-refractivity contribution in [1.29, 1.82) is 0 Å². The molecule has 0 aliphatic rings. The minimum Gasteiger partial charge on any atom is -0.387 e. The summed E-state index contributed by atoms with van der Waals surface area (Å²) in [4.78, 5) is 0.150. The highest BCUT2D eigenvalue weighted by molar-refractivity contribution is 7.90. The van der Waals surface area contributed by atoms with Crippen molar-refractivity contribution < 1.29 is 17.9 Å². The van der Waals surface area contributed by atoms with Crippen LogP contribution in [-0.4, -0.2) is 32.5 Å². The van der Waals surface area contributed by atoms with Gasteiger partial charge in [0, 0.05) is 6.26 Å². The van der Waals surface area contributed by atoms with Gasteiger partial charge < -0.3 is 10.8 Å².